The van der Waals surface area contributed by atoms with Crippen LogP contribution in [0.3, 0.4) is 0 Å². The molecule has 2 aromatic rings. The standard InChI is InChI=1S/C25H33N5O2S/c1-33-16-22(31)27-24-23-21(28-30(24)13-10-17-6-7-17)15-19(26-25(23)32)9-8-18-4-2-5-20(14-18)29-11-3-12-29/h2,4-5,14,17,19H,3,6-13,15-16H2,1H3,(H,26,32)(H,27,31)/t19-/m0/s1. The van der Waals surface area contributed by atoms with Crippen LogP contribution in [-0.2, 0) is 24.2 Å². The third-order valence-corrected chi connectivity index (χ3v) is 7.47. The van der Waals surface area contributed by atoms with Gasteiger partial charge in [0, 0.05) is 37.8 Å². The fourth-order valence-corrected chi connectivity index (χ4v) is 5.07. The molecule has 3 heterocycles. The number of nitrogens with zero attached hydrogens (tertiary/aromatic N) is 3. The summed E-state index contributed by atoms with van der Waals surface area (Å²) in [5.41, 5.74) is 3.97. The number of carbonyl (C=O) groups excluding carboxylic acids is 2. The van der Waals surface area contributed by atoms with Gasteiger partial charge in [0.25, 0.3) is 5.91 Å². The number of hydrogen-bond acceptors (Lipinski definition) is 5. The topological polar surface area (TPSA) is 79.3 Å². The Morgan fingerprint density at radius 3 is 2.85 bits per heavy atom. The first-order chi connectivity index (χ1) is 16.1. The van der Waals surface area contributed by atoms with Gasteiger partial charge >= 0.3 is 0 Å². The summed E-state index contributed by atoms with van der Waals surface area (Å²) in [4.78, 5) is 27.8. The Hall–Kier alpha value is -2.48. The lowest BCUT2D eigenvalue weighted by Crippen LogP contribution is -2.41. The lowest BCUT2D eigenvalue weighted by Gasteiger charge is -2.33. The van der Waals surface area contributed by atoms with E-state index in [0.717, 1.165) is 50.5 Å². The van der Waals surface area contributed by atoms with Gasteiger partial charge < -0.3 is 15.5 Å². The summed E-state index contributed by atoms with van der Waals surface area (Å²) in [6, 6.07) is 8.82. The SMILES string of the molecule is CSCC(=O)Nc1c2c(nn1CCC1CC1)C[C@H](CCc1cccc(N3CCC3)c1)NC2=O. The molecule has 1 atom stereocenters. The van der Waals surface area contributed by atoms with Crippen LogP contribution in [0.5, 0.6) is 0 Å². The van der Waals surface area contributed by atoms with Crippen molar-refractivity contribution in [3.63, 3.8) is 0 Å². The van der Waals surface area contributed by atoms with Gasteiger partial charge in [-0.2, -0.15) is 16.9 Å². The second-order valence-corrected chi connectivity index (χ2v) is 10.4. The quantitative estimate of drug-likeness (QED) is 0.559. The molecular weight excluding hydrogens is 434 g/mol. The van der Waals surface area contributed by atoms with Crippen LogP contribution >= 0.6 is 11.8 Å². The first-order valence-corrected chi connectivity index (χ1v) is 13.5. The highest BCUT2D eigenvalue weighted by atomic mass is 32.2. The van der Waals surface area contributed by atoms with E-state index in [0.29, 0.717) is 23.6 Å². The summed E-state index contributed by atoms with van der Waals surface area (Å²) in [5, 5.41) is 11.0. The molecule has 1 aliphatic carbocycles. The van der Waals surface area contributed by atoms with Crippen LogP contribution < -0.4 is 15.5 Å². The van der Waals surface area contributed by atoms with Crippen LogP contribution in [-0.4, -0.2) is 52.7 Å². The molecule has 0 unspecified atom stereocenters. The number of hydrogen-bond donors (Lipinski definition) is 2. The molecule has 0 radical (unpaired) electrons. The van der Waals surface area contributed by atoms with E-state index in [4.69, 9.17) is 5.10 Å². The van der Waals surface area contributed by atoms with Crippen LogP contribution in [0.25, 0.3) is 0 Å². The number of carbonyl (C=O) groups is 2. The highest BCUT2D eigenvalue weighted by Gasteiger charge is 2.33. The first kappa shape index (κ1) is 22.3. The zero-order valence-electron chi connectivity index (χ0n) is 19.3. The molecule has 33 heavy (non-hydrogen) atoms. The molecule has 1 saturated heterocycles. The third-order valence-electron chi connectivity index (χ3n) is 6.92. The Kier molecular flexibility index (Phi) is 6.62. The molecule has 0 spiro atoms. The highest BCUT2D eigenvalue weighted by Crippen LogP contribution is 2.34. The van der Waals surface area contributed by atoms with Crippen LogP contribution in [0.2, 0.25) is 0 Å². The van der Waals surface area contributed by atoms with E-state index in [1.165, 1.54) is 42.3 Å². The molecule has 2 N–H and O–H groups in total. The van der Waals surface area contributed by atoms with Crippen molar-refractivity contribution in [2.75, 3.05) is 35.3 Å². The number of benzene rings is 1. The molecule has 1 saturated carbocycles. The summed E-state index contributed by atoms with van der Waals surface area (Å²) < 4.78 is 1.86. The molecule has 1 aromatic carbocycles. The maximum Gasteiger partial charge on any atom is 0.257 e. The van der Waals surface area contributed by atoms with E-state index in [-0.39, 0.29) is 17.9 Å². The van der Waals surface area contributed by atoms with E-state index in [1.54, 1.807) is 0 Å². The molecule has 8 heteroatoms. The average molecular weight is 468 g/mol. The Morgan fingerprint density at radius 2 is 2.12 bits per heavy atom. The number of aromatic nitrogens is 2. The van der Waals surface area contributed by atoms with E-state index >= 15 is 0 Å². The van der Waals surface area contributed by atoms with Crippen molar-refractivity contribution < 1.29 is 9.59 Å². The first-order valence-electron chi connectivity index (χ1n) is 12.1. The zero-order chi connectivity index (χ0) is 22.8. The minimum atomic E-state index is -0.118. The molecule has 2 amide bonds. The largest absolute Gasteiger partial charge is 0.371 e. The minimum absolute atomic E-state index is 0.0548. The van der Waals surface area contributed by atoms with Crippen molar-refractivity contribution in [1.82, 2.24) is 15.1 Å². The van der Waals surface area contributed by atoms with Crippen molar-refractivity contribution in [2.45, 2.75) is 57.5 Å². The molecule has 7 nitrogen and oxygen atoms in total. The molecule has 5 rings (SSSR count). The number of fused-ring (bicyclic) bond motifs is 1. The number of amides is 2. The summed E-state index contributed by atoms with van der Waals surface area (Å²) in [7, 11) is 0. The predicted molar refractivity (Wildman–Crippen MR) is 133 cm³/mol. The molecule has 3 aliphatic rings. The number of nitrogens with one attached hydrogen (secondary N) is 2. The summed E-state index contributed by atoms with van der Waals surface area (Å²) >= 11 is 1.47. The Morgan fingerprint density at radius 1 is 1.27 bits per heavy atom. The lowest BCUT2D eigenvalue weighted by molar-refractivity contribution is -0.113. The van der Waals surface area contributed by atoms with Gasteiger partial charge in [0.1, 0.15) is 11.4 Å². The van der Waals surface area contributed by atoms with E-state index < -0.39 is 0 Å². The smallest absolute Gasteiger partial charge is 0.257 e. The Balaban J connectivity index is 1.28. The number of anilines is 2. The van der Waals surface area contributed by atoms with Gasteiger partial charge in [0.2, 0.25) is 5.91 Å². The molecule has 2 fully saturated rings. The van der Waals surface area contributed by atoms with Crippen molar-refractivity contribution in [1.29, 1.82) is 0 Å². The maximum atomic E-state index is 13.1. The summed E-state index contributed by atoms with van der Waals surface area (Å²) in [6.45, 7) is 3.03. The molecule has 0 bridgehead atoms. The van der Waals surface area contributed by atoms with Crippen molar-refractivity contribution >= 4 is 35.1 Å². The van der Waals surface area contributed by atoms with Gasteiger partial charge in [-0.1, -0.05) is 25.0 Å². The number of aryl methyl sites for hydroxylation is 2. The monoisotopic (exact) mass is 467 g/mol. The fraction of sp³-hybridized carbons (Fsp3) is 0.560. The molecular formula is C25H33N5O2S. The van der Waals surface area contributed by atoms with Crippen LogP contribution in [0.1, 0.15) is 53.7 Å². The molecule has 1 aromatic heterocycles. The van der Waals surface area contributed by atoms with Gasteiger partial charge in [0.05, 0.1) is 11.4 Å². The minimum Gasteiger partial charge on any atom is -0.371 e. The third kappa shape index (κ3) is 5.21. The number of thioether (sulfide) groups is 1. The van der Waals surface area contributed by atoms with Crippen LogP contribution in [0, 0.1) is 5.92 Å². The second kappa shape index (κ2) is 9.79. The maximum absolute atomic E-state index is 13.1. The Labute approximate surface area is 199 Å². The summed E-state index contributed by atoms with van der Waals surface area (Å²) in [6.07, 6.45) is 9.26. The van der Waals surface area contributed by atoms with Crippen molar-refractivity contribution in [2.24, 2.45) is 5.92 Å². The average Bonchev–Trinajstić information content (AvgIpc) is 3.52. The lowest BCUT2D eigenvalue weighted by atomic mass is 9.96. The van der Waals surface area contributed by atoms with Crippen LogP contribution in [0.15, 0.2) is 24.3 Å². The molecule has 2 aliphatic heterocycles. The van der Waals surface area contributed by atoms with Gasteiger partial charge in [0.15, 0.2) is 0 Å². The molecule has 176 valence electrons. The highest BCUT2D eigenvalue weighted by molar-refractivity contribution is 7.99. The van der Waals surface area contributed by atoms with Crippen molar-refractivity contribution in [3.8, 4) is 0 Å². The summed E-state index contributed by atoms with van der Waals surface area (Å²) in [5.74, 6) is 1.49. The normalized spacial score (nSPS) is 19.6. The zero-order valence-corrected chi connectivity index (χ0v) is 20.1. The van der Waals surface area contributed by atoms with Gasteiger partial charge in [-0.15, -0.1) is 0 Å². The van der Waals surface area contributed by atoms with E-state index in [1.807, 2.05) is 10.9 Å². The van der Waals surface area contributed by atoms with Crippen LogP contribution in [0.4, 0.5) is 11.5 Å². The van der Waals surface area contributed by atoms with Gasteiger partial charge in [-0.3, -0.25) is 9.59 Å². The number of rotatable bonds is 10. The predicted octanol–water partition coefficient (Wildman–Crippen LogP) is 3.48. The van der Waals surface area contributed by atoms with Crippen molar-refractivity contribution in [3.05, 3.63) is 41.1 Å². The van der Waals surface area contributed by atoms with E-state index in [2.05, 4.69) is 39.8 Å². The second-order valence-electron chi connectivity index (χ2n) is 9.53. The Bertz CT molecular complexity index is 1030. The van der Waals surface area contributed by atoms with Gasteiger partial charge in [-0.25, -0.2) is 4.68 Å². The van der Waals surface area contributed by atoms with E-state index in [9.17, 15) is 9.59 Å². The fourth-order valence-electron chi connectivity index (χ4n) is 4.73. The van der Waals surface area contributed by atoms with Gasteiger partial charge in [-0.05, 0) is 55.6 Å².